The van der Waals surface area contributed by atoms with Crippen LogP contribution < -0.4 is 5.73 Å². The third-order valence-electron chi connectivity index (χ3n) is 5.29. The van der Waals surface area contributed by atoms with E-state index in [-0.39, 0.29) is 0 Å². The van der Waals surface area contributed by atoms with Crippen LogP contribution in [0.15, 0.2) is 28.7 Å². The van der Waals surface area contributed by atoms with E-state index in [0.29, 0.717) is 5.92 Å². The molecule has 0 saturated heterocycles. The molecule has 1 aromatic rings. The number of hydrogen-bond acceptors (Lipinski definition) is 1. The predicted molar refractivity (Wildman–Crippen MR) is 83.9 cm³/mol. The van der Waals surface area contributed by atoms with Crippen LogP contribution in [0, 0.1) is 23.7 Å². The van der Waals surface area contributed by atoms with Crippen molar-refractivity contribution in [1.82, 2.24) is 0 Å². The van der Waals surface area contributed by atoms with Gasteiger partial charge in [-0.1, -0.05) is 34.5 Å². The lowest BCUT2D eigenvalue weighted by molar-refractivity contribution is 0.268. The Hall–Kier alpha value is -0.340. The van der Waals surface area contributed by atoms with Gasteiger partial charge in [-0.15, -0.1) is 0 Å². The number of hydrogen-bond donors (Lipinski definition) is 1. The van der Waals surface area contributed by atoms with E-state index in [2.05, 4.69) is 40.2 Å². The van der Waals surface area contributed by atoms with Crippen LogP contribution in [0.2, 0.25) is 0 Å². The summed E-state index contributed by atoms with van der Waals surface area (Å²) >= 11 is 3.50. The Morgan fingerprint density at radius 2 is 1.95 bits per heavy atom. The van der Waals surface area contributed by atoms with Gasteiger partial charge in [0.25, 0.3) is 0 Å². The predicted octanol–water partition coefficient (Wildman–Crippen LogP) is 4.39. The van der Waals surface area contributed by atoms with Gasteiger partial charge in [-0.05, 0) is 80.0 Å². The third-order valence-corrected chi connectivity index (χ3v) is 5.82. The summed E-state index contributed by atoms with van der Waals surface area (Å²) in [7, 11) is 0. The molecule has 2 aliphatic rings. The van der Waals surface area contributed by atoms with Crippen LogP contribution in [0.4, 0.5) is 0 Å². The summed E-state index contributed by atoms with van der Waals surface area (Å²) in [5.74, 6) is 3.73. The fourth-order valence-corrected chi connectivity index (χ4v) is 4.57. The van der Waals surface area contributed by atoms with Gasteiger partial charge in [-0.3, -0.25) is 0 Å². The second kappa shape index (κ2) is 5.97. The van der Waals surface area contributed by atoms with Crippen molar-refractivity contribution in [1.29, 1.82) is 0 Å². The number of nitrogens with two attached hydrogens (primary N) is 1. The minimum absolute atomic E-state index is 0.672. The molecule has 0 aromatic heterocycles. The largest absolute Gasteiger partial charge is 0.330 e. The SMILES string of the molecule is NCC(Cc1ccc(Br)cc1)CC1CC2CCC1C2. The molecule has 2 fully saturated rings. The van der Waals surface area contributed by atoms with E-state index in [0.717, 1.165) is 35.2 Å². The minimum Gasteiger partial charge on any atom is -0.330 e. The number of benzene rings is 1. The highest BCUT2D eigenvalue weighted by atomic mass is 79.9. The molecule has 2 bridgehead atoms. The van der Waals surface area contributed by atoms with Crippen molar-refractivity contribution in [2.24, 2.45) is 29.4 Å². The van der Waals surface area contributed by atoms with E-state index in [1.165, 1.54) is 37.7 Å². The van der Waals surface area contributed by atoms with Crippen molar-refractivity contribution in [3.8, 4) is 0 Å². The molecule has 3 rings (SSSR count). The molecule has 2 heteroatoms. The fourth-order valence-electron chi connectivity index (χ4n) is 4.31. The zero-order valence-electron chi connectivity index (χ0n) is 11.5. The van der Waals surface area contributed by atoms with Crippen LogP contribution >= 0.6 is 15.9 Å². The molecule has 104 valence electrons. The molecule has 0 heterocycles. The van der Waals surface area contributed by atoms with Gasteiger partial charge >= 0.3 is 0 Å². The van der Waals surface area contributed by atoms with E-state index in [9.17, 15) is 0 Å². The molecule has 1 aromatic carbocycles. The number of halogens is 1. The van der Waals surface area contributed by atoms with Crippen molar-refractivity contribution in [3.63, 3.8) is 0 Å². The second-order valence-corrected chi connectivity index (χ2v) is 7.52. The maximum Gasteiger partial charge on any atom is 0.0175 e. The molecular formula is C17H24BrN. The van der Waals surface area contributed by atoms with Gasteiger partial charge in [0.1, 0.15) is 0 Å². The first kappa shape index (κ1) is 13.6. The molecular weight excluding hydrogens is 298 g/mol. The monoisotopic (exact) mass is 321 g/mol. The molecule has 0 spiro atoms. The smallest absolute Gasteiger partial charge is 0.0175 e. The van der Waals surface area contributed by atoms with Crippen LogP contribution in [0.5, 0.6) is 0 Å². The van der Waals surface area contributed by atoms with Gasteiger partial charge < -0.3 is 5.73 Å². The molecule has 2 saturated carbocycles. The first-order valence-electron chi connectivity index (χ1n) is 7.69. The highest BCUT2D eigenvalue weighted by Gasteiger charge is 2.39. The lowest BCUT2D eigenvalue weighted by atomic mass is 9.80. The molecule has 0 aliphatic heterocycles. The van der Waals surface area contributed by atoms with Crippen LogP contribution in [0.25, 0.3) is 0 Å². The van der Waals surface area contributed by atoms with E-state index >= 15 is 0 Å². The van der Waals surface area contributed by atoms with Crippen molar-refractivity contribution in [2.75, 3.05) is 6.54 Å². The molecule has 19 heavy (non-hydrogen) atoms. The van der Waals surface area contributed by atoms with Crippen molar-refractivity contribution < 1.29 is 0 Å². The lowest BCUT2D eigenvalue weighted by Gasteiger charge is -2.26. The van der Waals surface area contributed by atoms with Crippen molar-refractivity contribution in [2.45, 2.75) is 38.5 Å². The van der Waals surface area contributed by atoms with Crippen molar-refractivity contribution in [3.05, 3.63) is 34.3 Å². The number of fused-ring (bicyclic) bond motifs is 2. The van der Waals surface area contributed by atoms with Gasteiger partial charge in [0.05, 0.1) is 0 Å². The van der Waals surface area contributed by atoms with Crippen LogP contribution in [0.1, 0.15) is 37.7 Å². The first-order chi connectivity index (χ1) is 9.24. The second-order valence-electron chi connectivity index (χ2n) is 6.60. The number of rotatable bonds is 5. The summed E-state index contributed by atoms with van der Waals surface area (Å²) in [6.07, 6.45) is 8.50. The Morgan fingerprint density at radius 1 is 1.16 bits per heavy atom. The fraction of sp³-hybridized carbons (Fsp3) is 0.647. The van der Waals surface area contributed by atoms with Crippen LogP contribution in [0.3, 0.4) is 0 Å². The highest BCUT2D eigenvalue weighted by molar-refractivity contribution is 9.10. The Balaban J connectivity index is 1.57. The third kappa shape index (κ3) is 3.22. The van der Waals surface area contributed by atoms with Crippen LogP contribution in [-0.2, 0) is 6.42 Å². The standard InChI is InChI=1S/C17H24BrN/c18-17-5-2-12(3-6-17)7-14(11-19)10-16-9-13-1-4-15(16)8-13/h2-3,5-6,13-16H,1,4,7-11,19H2. The summed E-state index contributed by atoms with van der Waals surface area (Å²) in [4.78, 5) is 0. The maximum atomic E-state index is 6.02. The first-order valence-corrected chi connectivity index (χ1v) is 8.48. The zero-order chi connectivity index (χ0) is 13.2. The average Bonchev–Trinajstić information content (AvgIpc) is 3.03. The minimum atomic E-state index is 0.672. The quantitative estimate of drug-likeness (QED) is 0.855. The summed E-state index contributed by atoms with van der Waals surface area (Å²) < 4.78 is 1.16. The molecule has 0 amide bonds. The summed E-state index contributed by atoms with van der Waals surface area (Å²) in [5, 5.41) is 0. The van der Waals surface area contributed by atoms with Gasteiger partial charge in [0.15, 0.2) is 0 Å². The Labute approximate surface area is 125 Å². The molecule has 2 N–H and O–H groups in total. The molecule has 1 nitrogen and oxygen atoms in total. The molecule has 0 radical (unpaired) electrons. The van der Waals surface area contributed by atoms with E-state index in [1.807, 2.05) is 0 Å². The Bertz CT molecular complexity index is 414. The van der Waals surface area contributed by atoms with Crippen LogP contribution in [-0.4, -0.2) is 6.54 Å². The lowest BCUT2D eigenvalue weighted by Crippen LogP contribution is -2.23. The van der Waals surface area contributed by atoms with Gasteiger partial charge in [0, 0.05) is 4.47 Å². The maximum absolute atomic E-state index is 6.02. The zero-order valence-corrected chi connectivity index (χ0v) is 13.1. The van der Waals surface area contributed by atoms with Crippen molar-refractivity contribution >= 4 is 15.9 Å². The normalized spacial score (nSPS) is 30.7. The summed E-state index contributed by atoms with van der Waals surface area (Å²) in [5.41, 5.74) is 7.45. The molecule has 4 unspecified atom stereocenters. The summed E-state index contributed by atoms with van der Waals surface area (Å²) in [6.45, 7) is 0.837. The molecule has 4 atom stereocenters. The Morgan fingerprint density at radius 3 is 2.53 bits per heavy atom. The van der Waals surface area contributed by atoms with Gasteiger partial charge in [-0.2, -0.15) is 0 Å². The van der Waals surface area contributed by atoms with Gasteiger partial charge in [-0.25, -0.2) is 0 Å². The molecule has 2 aliphatic carbocycles. The average molecular weight is 322 g/mol. The van der Waals surface area contributed by atoms with E-state index in [1.54, 1.807) is 0 Å². The van der Waals surface area contributed by atoms with E-state index in [4.69, 9.17) is 5.73 Å². The van der Waals surface area contributed by atoms with Gasteiger partial charge in [0.2, 0.25) is 0 Å². The summed E-state index contributed by atoms with van der Waals surface area (Å²) in [6, 6.07) is 8.74. The Kier molecular flexibility index (Phi) is 4.28. The highest BCUT2D eigenvalue weighted by Crippen LogP contribution is 2.50. The van der Waals surface area contributed by atoms with E-state index < -0.39 is 0 Å². The topological polar surface area (TPSA) is 26.0 Å².